The molecule has 2 aromatic rings. The van der Waals surface area contributed by atoms with Crippen LogP contribution in [-0.2, 0) is 6.42 Å². The average Bonchev–Trinajstić information content (AvgIpc) is 2.78. The Bertz CT molecular complexity index is 619. The molecule has 0 atom stereocenters. The lowest BCUT2D eigenvalue weighted by molar-refractivity contribution is 0.0703. The Morgan fingerprint density at radius 2 is 2.11 bits per heavy atom. The maximum absolute atomic E-state index is 11.1. The number of aromatic carboxylic acids is 1. The van der Waals surface area contributed by atoms with Gasteiger partial charge in [0.15, 0.2) is 0 Å². The van der Waals surface area contributed by atoms with E-state index in [2.05, 4.69) is 31.9 Å². The maximum Gasteiger partial charge on any atom is 0.348 e. The second kappa shape index (κ2) is 5.32. The molecular formula is C11H9Br2NO2S2. The molecule has 0 aliphatic carbocycles. The lowest BCUT2D eigenvalue weighted by atomic mass is 10.1. The maximum atomic E-state index is 11.1. The van der Waals surface area contributed by atoms with Gasteiger partial charge in [-0.25, -0.2) is 4.79 Å². The van der Waals surface area contributed by atoms with E-state index in [4.69, 9.17) is 10.8 Å². The summed E-state index contributed by atoms with van der Waals surface area (Å²) in [5, 5.41) is 9.13. The molecule has 0 aliphatic heterocycles. The van der Waals surface area contributed by atoms with Gasteiger partial charge in [0, 0.05) is 10.4 Å². The first-order valence-corrected chi connectivity index (χ1v) is 8.27. The molecule has 2 heterocycles. The van der Waals surface area contributed by atoms with E-state index in [9.17, 15) is 4.79 Å². The molecule has 3 N–H and O–H groups in total. The topological polar surface area (TPSA) is 63.3 Å². The van der Waals surface area contributed by atoms with Gasteiger partial charge in [-0.05, 0) is 49.9 Å². The normalized spacial score (nSPS) is 10.8. The Morgan fingerprint density at radius 1 is 1.44 bits per heavy atom. The highest BCUT2D eigenvalue weighted by atomic mass is 79.9. The minimum Gasteiger partial charge on any atom is -0.477 e. The third-order valence-corrected chi connectivity index (χ3v) is 6.11. The van der Waals surface area contributed by atoms with Gasteiger partial charge in [-0.1, -0.05) is 6.92 Å². The molecule has 7 heteroatoms. The SMILES string of the molecule is CCc1c(-c2cc(Br)sc2Br)sc(C(=O)O)c1N. The fourth-order valence-electron chi connectivity index (χ4n) is 1.70. The second-order valence-corrected chi connectivity index (χ2v) is 8.32. The second-order valence-electron chi connectivity index (χ2n) is 3.55. The van der Waals surface area contributed by atoms with E-state index in [1.807, 2.05) is 13.0 Å². The Hall–Kier alpha value is -0.370. The lowest BCUT2D eigenvalue weighted by Crippen LogP contribution is -1.99. The van der Waals surface area contributed by atoms with Crippen LogP contribution in [0.3, 0.4) is 0 Å². The molecule has 0 saturated heterocycles. The number of carboxylic acid groups (broad SMARTS) is 1. The Labute approximate surface area is 129 Å². The van der Waals surface area contributed by atoms with Crippen LogP contribution in [0.25, 0.3) is 10.4 Å². The van der Waals surface area contributed by atoms with E-state index in [0.29, 0.717) is 12.1 Å². The van der Waals surface area contributed by atoms with Gasteiger partial charge in [0.2, 0.25) is 0 Å². The van der Waals surface area contributed by atoms with Crippen molar-refractivity contribution in [3.8, 4) is 10.4 Å². The van der Waals surface area contributed by atoms with Crippen LogP contribution in [0.4, 0.5) is 5.69 Å². The van der Waals surface area contributed by atoms with Gasteiger partial charge < -0.3 is 10.8 Å². The van der Waals surface area contributed by atoms with E-state index in [0.717, 1.165) is 23.6 Å². The minimum atomic E-state index is -0.969. The van der Waals surface area contributed by atoms with Crippen LogP contribution < -0.4 is 5.73 Å². The number of thiophene rings is 2. The van der Waals surface area contributed by atoms with Crippen LogP contribution >= 0.6 is 54.5 Å². The average molecular weight is 411 g/mol. The summed E-state index contributed by atoms with van der Waals surface area (Å²) in [7, 11) is 0. The van der Waals surface area contributed by atoms with E-state index in [1.165, 1.54) is 11.3 Å². The number of hydrogen-bond acceptors (Lipinski definition) is 4. The number of nitrogens with two attached hydrogens (primary N) is 1. The molecule has 0 radical (unpaired) electrons. The van der Waals surface area contributed by atoms with Crippen LogP contribution in [0, 0.1) is 0 Å². The quantitative estimate of drug-likeness (QED) is 0.760. The number of carbonyl (C=O) groups is 1. The molecule has 0 fully saturated rings. The summed E-state index contributed by atoms with van der Waals surface area (Å²) >= 11 is 9.71. The summed E-state index contributed by atoms with van der Waals surface area (Å²) < 4.78 is 1.97. The van der Waals surface area contributed by atoms with Crippen molar-refractivity contribution in [2.45, 2.75) is 13.3 Å². The highest BCUT2D eigenvalue weighted by Gasteiger charge is 2.22. The fraction of sp³-hybridized carbons (Fsp3) is 0.182. The van der Waals surface area contributed by atoms with Crippen LogP contribution in [0.1, 0.15) is 22.2 Å². The largest absolute Gasteiger partial charge is 0.477 e. The Balaban J connectivity index is 2.67. The standard InChI is InChI=1S/C11H9Br2NO2S2/c1-2-4-7(14)9(11(15)16)18-8(4)5-3-6(12)17-10(5)13/h3H,2,14H2,1H3,(H,15,16). The number of anilines is 1. The van der Waals surface area contributed by atoms with Gasteiger partial charge in [0.25, 0.3) is 0 Å². The van der Waals surface area contributed by atoms with Gasteiger partial charge in [-0.2, -0.15) is 0 Å². The first-order chi connectivity index (χ1) is 8.45. The van der Waals surface area contributed by atoms with Crippen LogP contribution in [-0.4, -0.2) is 11.1 Å². The number of rotatable bonds is 3. The van der Waals surface area contributed by atoms with E-state index in [-0.39, 0.29) is 4.88 Å². The predicted octanol–water partition coefficient (Wildman–Crippen LogP) is 4.84. The number of carboxylic acids is 1. The van der Waals surface area contributed by atoms with E-state index < -0.39 is 5.97 Å². The summed E-state index contributed by atoms with van der Waals surface area (Å²) in [6.07, 6.45) is 0.713. The number of nitrogen functional groups attached to an aromatic ring is 1. The third-order valence-electron chi connectivity index (χ3n) is 2.50. The van der Waals surface area contributed by atoms with Crippen molar-refractivity contribution >= 4 is 66.2 Å². The minimum absolute atomic E-state index is 0.219. The molecule has 0 unspecified atom stereocenters. The zero-order valence-electron chi connectivity index (χ0n) is 9.29. The van der Waals surface area contributed by atoms with Gasteiger partial charge >= 0.3 is 5.97 Å². The van der Waals surface area contributed by atoms with Crippen LogP contribution in [0.15, 0.2) is 13.6 Å². The van der Waals surface area contributed by atoms with Crippen molar-refractivity contribution in [3.05, 3.63) is 24.1 Å². The molecule has 0 amide bonds. The highest BCUT2D eigenvalue weighted by Crippen LogP contribution is 2.45. The molecule has 0 aromatic carbocycles. The monoisotopic (exact) mass is 409 g/mol. The summed E-state index contributed by atoms with van der Waals surface area (Å²) in [6.45, 7) is 1.98. The first-order valence-electron chi connectivity index (χ1n) is 5.05. The molecule has 3 nitrogen and oxygen atoms in total. The summed E-state index contributed by atoms with van der Waals surface area (Å²) in [6, 6.07) is 1.98. The lowest BCUT2D eigenvalue weighted by Gasteiger charge is -2.00. The van der Waals surface area contributed by atoms with Crippen LogP contribution in [0.2, 0.25) is 0 Å². The zero-order chi connectivity index (χ0) is 13.4. The molecule has 0 spiro atoms. The van der Waals surface area contributed by atoms with Crippen molar-refractivity contribution in [2.75, 3.05) is 5.73 Å². The molecule has 2 rings (SSSR count). The van der Waals surface area contributed by atoms with Gasteiger partial charge in [0.1, 0.15) is 4.88 Å². The molecule has 0 bridgehead atoms. The number of hydrogen-bond donors (Lipinski definition) is 2. The highest BCUT2D eigenvalue weighted by molar-refractivity contribution is 9.12. The molecule has 0 saturated carbocycles. The molecular weight excluding hydrogens is 402 g/mol. The van der Waals surface area contributed by atoms with Crippen molar-refractivity contribution in [1.29, 1.82) is 0 Å². The van der Waals surface area contributed by atoms with Gasteiger partial charge in [-0.3, -0.25) is 0 Å². The van der Waals surface area contributed by atoms with Crippen molar-refractivity contribution in [3.63, 3.8) is 0 Å². The van der Waals surface area contributed by atoms with E-state index >= 15 is 0 Å². The Morgan fingerprint density at radius 3 is 2.56 bits per heavy atom. The summed E-state index contributed by atoms with van der Waals surface area (Å²) in [4.78, 5) is 12.3. The predicted molar refractivity (Wildman–Crippen MR) is 83.8 cm³/mol. The van der Waals surface area contributed by atoms with Gasteiger partial charge in [0.05, 0.1) is 13.3 Å². The number of halogens is 2. The summed E-state index contributed by atoms with van der Waals surface area (Å²) in [5.41, 5.74) is 8.20. The molecule has 2 aromatic heterocycles. The smallest absolute Gasteiger partial charge is 0.348 e. The van der Waals surface area contributed by atoms with Crippen molar-refractivity contribution in [2.24, 2.45) is 0 Å². The van der Waals surface area contributed by atoms with Gasteiger partial charge in [-0.15, -0.1) is 22.7 Å². The molecule has 18 heavy (non-hydrogen) atoms. The molecule has 96 valence electrons. The van der Waals surface area contributed by atoms with Crippen molar-refractivity contribution < 1.29 is 9.90 Å². The van der Waals surface area contributed by atoms with E-state index in [1.54, 1.807) is 11.3 Å². The fourth-order valence-corrected chi connectivity index (χ4v) is 5.89. The zero-order valence-corrected chi connectivity index (χ0v) is 14.1. The van der Waals surface area contributed by atoms with Crippen molar-refractivity contribution in [1.82, 2.24) is 0 Å². The first kappa shape index (κ1) is 14.0. The summed E-state index contributed by atoms with van der Waals surface area (Å²) in [5.74, 6) is -0.969. The van der Waals surface area contributed by atoms with Crippen LogP contribution in [0.5, 0.6) is 0 Å². The molecule has 0 aliphatic rings. The third kappa shape index (κ3) is 2.36. The Kier molecular flexibility index (Phi) is 4.15.